The third-order valence-corrected chi connectivity index (χ3v) is 9.65. The van der Waals surface area contributed by atoms with E-state index in [9.17, 15) is 9.90 Å². The van der Waals surface area contributed by atoms with Crippen molar-refractivity contribution in [3.63, 3.8) is 0 Å². The molecule has 1 unspecified atom stereocenters. The normalized spacial score (nSPS) is 16.6. The van der Waals surface area contributed by atoms with Gasteiger partial charge in [0.2, 0.25) is 5.91 Å². The van der Waals surface area contributed by atoms with E-state index in [1.165, 1.54) is 66.3 Å². The van der Waals surface area contributed by atoms with Gasteiger partial charge in [-0.2, -0.15) is 0 Å². The molecule has 220 valence electrons. The Labute approximate surface area is 250 Å². The third-order valence-electron chi connectivity index (χ3n) is 9.65. The highest BCUT2D eigenvalue weighted by molar-refractivity contribution is 5.86. The van der Waals surface area contributed by atoms with Crippen molar-refractivity contribution < 1.29 is 9.90 Å². The molecule has 2 aliphatic carbocycles. The molecule has 6 rings (SSSR count). The molecule has 42 heavy (non-hydrogen) atoms. The van der Waals surface area contributed by atoms with Crippen molar-refractivity contribution >= 4 is 16.9 Å². The van der Waals surface area contributed by atoms with Crippen LogP contribution in [0.4, 0.5) is 0 Å². The van der Waals surface area contributed by atoms with Gasteiger partial charge in [-0.25, -0.2) is 4.98 Å². The number of carbonyl (C=O) groups excluding carboxylic acids is 1. The lowest BCUT2D eigenvalue weighted by molar-refractivity contribution is -0.124. The van der Waals surface area contributed by atoms with E-state index in [0.29, 0.717) is 12.5 Å². The summed E-state index contributed by atoms with van der Waals surface area (Å²) in [4.78, 5) is 18.8. The third kappa shape index (κ3) is 6.03. The smallest absolute Gasteiger partial charge is 0.228 e. The summed E-state index contributed by atoms with van der Waals surface area (Å²) in [6.07, 6.45) is 11.9. The standard InChI is InChI=1S/C37H45N3O2/c1-25-21-26(2)39-36-34(25)32-11-7-8-12-33(32)40(36)23-28-17-19-31(20-18-28)35(30-9-5-3-4-6-10-30)37(42)38-22-27-13-15-29(24-41)16-14-27/h13-21,30,35,41H,3-12,22-24H2,1-2H3,(H,38,42). The fraction of sp³-hybridized carbons (Fsp3) is 0.459. The average molecular weight is 564 g/mol. The lowest BCUT2D eigenvalue weighted by atomic mass is 9.80. The summed E-state index contributed by atoms with van der Waals surface area (Å²) in [6.45, 7) is 5.68. The van der Waals surface area contributed by atoms with Crippen molar-refractivity contribution in [2.75, 3.05) is 0 Å². The van der Waals surface area contributed by atoms with Crippen LogP contribution in [0.25, 0.3) is 11.0 Å². The number of aliphatic hydroxyl groups is 1. The highest BCUT2D eigenvalue weighted by Gasteiger charge is 2.30. The summed E-state index contributed by atoms with van der Waals surface area (Å²) in [6, 6.07) is 18.9. The van der Waals surface area contributed by atoms with Crippen molar-refractivity contribution in [2.45, 2.75) is 104 Å². The number of aryl methyl sites for hydroxylation is 3. The van der Waals surface area contributed by atoms with Crippen LogP contribution in [0.2, 0.25) is 0 Å². The molecule has 0 saturated heterocycles. The zero-order valence-corrected chi connectivity index (χ0v) is 25.3. The minimum atomic E-state index is -0.138. The second kappa shape index (κ2) is 12.8. The molecule has 2 aromatic carbocycles. The molecule has 0 aliphatic heterocycles. The van der Waals surface area contributed by atoms with Crippen LogP contribution in [-0.2, 0) is 37.3 Å². The van der Waals surface area contributed by atoms with Gasteiger partial charge in [-0.3, -0.25) is 4.79 Å². The first kappa shape index (κ1) is 28.7. The summed E-state index contributed by atoms with van der Waals surface area (Å²) in [5, 5.41) is 14.0. The Morgan fingerprint density at radius 1 is 0.905 bits per heavy atom. The molecular weight excluding hydrogens is 518 g/mol. The van der Waals surface area contributed by atoms with Gasteiger partial charge in [-0.15, -0.1) is 0 Å². The minimum absolute atomic E-state index is 0.0330. The molecule has 5 nitrogen and oxygen atoms in total. The van der Waals surface area contributed by atoms with E-state index in [1.54, 1.807) is 0 Å². The Morgan fingerprint density at radius 2 is 1.57 bits per heavy atom. The molecule has 0 bridgehead atoms. The number of carbonyl (C=O) groups is 1. The van der Waals surface area contributed by atoms with E-state index in [-0.39, 0.29) is 18.4 Å². The highest BCUT2D eigenvalue weighted by Crippen LogP contribution is 2.37. The van der Waals surface area contributed by atoms with Crippen LogP contribution < -0.4 is 5.32 Å². The summed E-state index contributed by atoms with van der Waals surface area (Å²) < 4.78 is 2.47. The number of nitrogens with one attached hydrogen (secondary N) is 1. The number of aliphatic hydroxyl groups excluding tert-OH is 1. The van der Waals surface area contributed by atoms with Crippen LogP contribution in [0, 0.1) is 19.8 Å². The highest BCUT2D eigenvalue weighted by atomic mass is 16.3. The first-order chi connectivity index (χ1) is 20.5. The van der Waals surface area contributed by atoms with Crippen LogP contribution in [0.1, 0.15) is 102 Å². The van der Waals surface area contributed by atoms with Crippen LogP contribution in [-0.4, -0.2) is 20.6 Å². The van der Waals surface area contributed by atoms with Crippen molar-refractivity contribution in [1.29, 1.82) is 0 Å². The van der Waals surface area contributed by atoms with E-state index in [1.807, 2.05) is 24.3 Å². The van der Waals surface area contributed by atoms with Gasteiger partial charge in [0.1, 0.15) is 5.65 Å². The molecule has 0 radical (unpaired) electrons. The molecule has 5 heteroatoms. The zero-order valence-electron chi connectivity index (χ0n) is 25.3. The molecular formula is C37H45N3O2. The summed E-state index contributed by atoms with van der Waals surface area (Å²) in [7, 11) is 0. The Morgan fingerprint density at radius 3 is 2.29 bits per heavy atom. The van der Waals surface area contributed by atoms with Crippen LogP contribution >= 0.6 is 0 Å². The number of nitrogens with zero attached hydrogens (tertiary/aromatic N) is 2. The van der Waals surface area contributed by atoms with Gasteiger partial charge < -0.3 is 15.0 Å². The fourth-order valence-electron chi connectivity index (χ4n) is 7.50. The van der Waals surface area contributed by atoms with E-state index in [4.69, 9.17) is 4.98 Å². The second-order valence-electron chi connectivity index (χ2n) is 12.7. The second-order valence-corrected chi connectivity index (χ2v) is 12.7. The molecule has 1 saturated carbocycles. The molecule has 0 spiro atoms. The van der Waals surface area contributed by atoms with Crippen LogP contribution in [0.3, 0.4) is 0 Å². The number of aromatic nitrogens is 2. The number of hydrogen-bond acceptors (Lipinski definition) is 3. The first-order valence-corrected chi connectivity index (χ1v) is 16.0. The SMILES string of the molecule is Cc1cc(C)c2c3c(n(Cc4ccc(C(C(=O)NCc5ccc(CO)cc5)C5CCCCCC5)cc4)c2n1)CCCC3. The Bertz CT molecular complexity index is 1530. The van der Waals surface area contributed by atoms with Gasteiger partial charge in [0.05, 0.1) is 12.5 Å². The van der Waals surface area contributed by atoms with E-state index < -0.39 is 0 Å². The largest absolute Gasteiger partial charge is 0.392 e. The zero-order chi connectivity index (χ0) is 29.1. The molecule has 2 N–H and O–H groups in total. The lowest BCUT2D eigenvalue weighted by Crippen LogP contribution is -2.33. The maximum Gasteiger partial charge on any atom is 0.228 e. The number of amides is 1. The number of pyridine rings is 1. The predicted molar refractivity (Wildman–Crippen MR) is 170 cm³/mol. The average Bonchev–Trinajstić information content (AvgIpc) is 3.13. The molecule has 4 aromatic rings. The van der Waals surface area contributed by atoms with Crippen LogP contribution in [0.15, 0.2) is 54.6 Å². The quantitative estimate of drug-likeness (QED) is 0.219. The van der Waals surface area contributed by atoms with Gasteiger partial charge in [-0.1, -0.05) is 74.2 Å². The summed E-state index contributed by atoms with van der Waals surface area (Å²) in [5.41, 5.74) is 10.8. The molecule has 1 atom stereocenters. The molecule has 1 fully saturated rings. The topological polar surface area (TPSA) is 67.2 Å². The Balaban J connectivity index is 1.26. The van der Waals surface area contributed by atoms with Crippen LogP contribution in [0.5, 0.6) is 0 Å². The van der Waals surface area contributed by atoms with Gasteiger partial charge in [0, 0.05) is 29.9 Å². The monoisotopic (exact) mass is 563 g/mol. The Hall–Kier alpha value is -3.44. The van der Waals surface area contributed by atoms with Crippen molar-refractivity contribution in [3.8, 4) is 0 Å². The molecule has 1 amide bonds. The Kier molecular flexibility index (Phi) is 8.76. The maximum atomic E-state index is 13.8. The molecule has 2 aliphatic rings. The van der Waals surface area contributed by atoms with Gasteiger partial charge in [-0.05, 0) is 97.7 Å². The fourth-order valence-corrected chi connectivity index (χ4v) is 7.50. The van der Waals surface area contributed by atoms with Gasteiger partial charge in [0.15, 0.2) is 0 Å². The lowest BCUT2D eigenvalue weighted by Gasteiger charge is -2.26. The van der Waals surface area contributed by atoms with Crippen molar-refractivity contribution in [3.05, 3.63) is 99.4 Å². The predicted octanol–water partition coefficient (Wildman–Crippen LogP) is 7.44. The number of benzene rings is 2. The van der Waals surface area contributed by atoms with Crippen molar-refractivity contribution in [2.24, 2.45) is 5.92 Å². The van der Waals surface area contributed by atoms with E-state index in [2.05, 4.69) is 54.1 Å². The molecule has 2 heterocycles. The number of rotatable bonds is 8. The number of hydrogen-bond donors (Lipinski definition) is 2. The van der Waals surface area contributed by atoms with Gasteiger partial charge >= 0.3 is 0 Å². The van der Waals surface area contributed by atoms with E-state index >= 15 is 0 Å². The summed E-state index contributed by atoms with van der Waals surface area (Å²) >= 11 is 0. The van der Waals surface area contributed by atoms with Crippen molar-refractivity contribution in [1.82, 2.24) is 14.9 Å². The minimum Gasteiger partial charge on any atom is -0.392 e. The number of fused-ring (bicyclic) bond motifs is 3. The maximum absolute atomic E-state index is 13.8. The van der Waals surface area contributed by atoms with Gasteiger partial charge in [0.25, 0.3) is 0 Å². The first-order valence-electron chi connectivity index (χ1n) is 16.0. The van der Waals surface area contributed by atoms with E-state index in [0.717, 1.165) is 60.3 Å². The summed E-state index contributed by atoms with van der Waals surface area (Å²) in [5.74, 6) is 0.355. The molecule has 2 aromatic heterocycles.